The highest BCUT2D eigenvalue weighted by atomic mass is 35.5. The molecule has 0 unspecified atom stereocenters. The molecule has 0 bridgehead atoms. The molecule has 0 spiro atoms. The van der Waals surface area contributed by atoms with Crippen LogP contribution in [-0.2, 0) is 9.59 Å². The van der Waals surface area contributed by atoms with Crippen molar-refractivity contribution in [3.63, 3.8) is 0 Å². The molecular weight excluding hydrogens is 429 g/mol. The number of carbonyl (C=O) groups excluding carboxylic acids is 2. The molecule has 0 fully saturated rings. The fourth-order valence-electron chi connectivity index (χ4n) is 2.18. The van der Waals surface area contributed by atoms with Gasteiger partial charge in [0.1, 0.15) is 11.8 Å². The lowest BCUT2D eigenvalue weighted by atomic mass is 10.2. The Labute approximate surface area is 172 Å². The number of halogens is 3. The number of carbonyl (C=O) groups is 2. The van der Waals surface area contributed by atoms with E-state index >= 15 is 0 Å². The molecule has 10 heteroatoms. The van der Waals surface area contributed by atoms with Crippen molar-refractivity contribution >= 4 is 69.5 Å². The number of benzene rings is 2. The lowest BCUT2D eigenvalue weighted by molar-refractivity contribution is -0.136. The minimum Gasteiger partial charge on any atom is -0.463 e. The monoisotopic (exact) mass is 437 g/mol. The van der Waals surface area contributed by atoms with Crippen molar-refractivity contribution in [3.8, 4) is 0 Å². The molecule has 1 heterocycles. The van der Waals surface area contributed by atoms with Crippen LogP contribution in [0, 0.1) is 0 Å². The topological polar surface area (TPSA) is 101 Å². The van der Waals surface area contributed by atoms with Crippen molar-refractivity contribution in [2.75, 3.05) is 5.32 Å². The quantitative estimate of drug-likeness (QED) is 0.368. The Balaban J connectivity index is 1.68. The molecule has 28 heavy (non-hydrogen) atoms. The van der Waals surface area contributed by atoms with Crippen LogP contribution in [0.1, 0.15) is 5.56 Å². The van der Waals surface area contributed by atoms with Crippen LogP contribution in [0.15, 0.2) is 57.0 Å². The van der Waals surface area contributed by atoms with Gasteiger partial charge in [-0.1, -0.05) is 34.8 Å². The highest BCUT2D eigenvalue weighted by molar-refractivity contribution is 6.43. The standard InChI is InChI=1S/C18H10Cl3N3O4/c19-10-1-4-15-12(5-10)16(25)9(8-28-15)7-22-24-18(27)17(26)23-11-2-3-13(20)14(21)6-11/h1-8H,(H,23,26)(H,24,27). The smallest absolute Gasteiger partial charge is 0.329 e. The summed E-state index contributed by atoms with van der Waals surface area (Å²) >= 11 is 17.5. The van der Waals surface area contributed by atoms with Gasteiger partial charge in [0.15, 0.2) is 0 Å². The fraction of sp³-hybridized carbons (Fsp3) is 0. The summed E-state index contributed by atoms with van der Waals surface area (Å²) in [6.45, 7) is 0. The summed E-state index contributed by atoms with van der Waals surface area (Å²) in [5.74, 6) is -2.02. The van der Waals surface area contributed by atoms with E-state index in [4.69, 9.17) is 39.2 Å². The maximum Gasteiger partial charge on any atom is 0.329 e. The average Bonchev–Trinajstić information content (AvgIpc) is 2.66. The maximum atomic E-state index is 12.4. The van der Waals surface area contributed by atoms with Gasteiger partial charge in [-0.3, -0.25) is 14.4 Å². The van der Waals surface area contributed by atoms with Crippen LogP contribution in [0.25, 0.3) is 11.0 Å². The Morgan fingerprint density at radius 3 is 2.54 bits per heavy atom. The second-order valence-electron chi connectivity index (χ2n) is 5.44. The Bertz CT molecular complexity index is 1170. The fourth-order valence-corrected chi connectivity index (χ4v) is 2.65. The molecule has 1 aromatic heterocycles. The Hall–Kier alpha value is -2.87. The molecule has 0 atom stereocenters. The van der Waals surface area contributed by atoms with Crippen LogP contribution in [-0.4, -0.2) is 18.0 Å². The van der Waals surface area contributed by atoms with E-state index in [-0.39, 0.29) is 27.1 Å². The second kappa shape index (κ2) is 8.43. The first-order chi connectivity index (χ1) is 13.3. The first kappa shape index (κ1) is 19.9. The van der Waals surface area contributed by atoms with E-state index in [9.17, 15) is 14.4 Å². The number of hydrogen-bond donors (Lipinski definition) is 2. The molecular formula is C18H10Cl3N3O4. The number of amides is 2. The van der Waals surface area contributed by atoms with Crippen LogP contribution in [0.2, 0.25) is 15.1 Å². The molecule has 0 aliphatic rings. The van der Waals surface area contributed by atoms with Crippen LogP contribution in [0.5, 0.6) is 0 Å². The molecule has 0 saturated heterocycles. The van der Waals surface area contributed by atoms with Crippen molar-refractivity contribution in [2.45, 2.75) is 0 Å². The third kappa shape index (κ3) is 4.51. The minimum absolute atomic E-state index is 0.0694. The van der Waals surface area contributed by atoms with Gasteiger partial charge in [-0.2, -0.15) is 5.10 Å². The van der Waals surface area contributed by atoms with Gasteiger partial charge in [-0.05, 0) is 36.4 Å². The summed E-state index contributed by atoms with van der Waals surface area (Å²) in [7, 11) is 0. The summed E-state index contributed by atoms with van der Waals surface area (Å²) in [6, 6.07) is 8.96. The summed E-state index contributed by atoms with van der Waals surface area (Å²) < 4.78 is 5.32. The van der Waals surface area contributed by atoms with Gasteiger partial charge in [-0.25, -0.2) is 5.43 Å². The zero-order valence-corrected chi connectivity index (χ0v) is 16.1. The zero-order chi connectivity index (χ0) is 20.3. The Morgan fingerprint density at radius 2 is 1.79 bits per heavy atom. The van der Waals surface area contributed by atoms with E-state index in [1.165, 1.54) is 30.5 Å². The number of nitrogens with one attached hydrogen (secondary N) is 2. The number of hydrogen-bond acceptors (Lipinski definition) is 5. The maximum absolute atomic E-state index is 12.4. The van der Waals surface area contributed by atoms with Crippen molar-refractivity contribution in [1.29, 1.82) is 0 Å². The highest BCUT2D eigenvalue weighted by Crippen LogP contribution is 2.24. The number of hydrazone groups is 1. The molecule has 142 valence electrons. The van der Waals surface area contributed by atoms with E-state index in [0.29, 0.717) is 15.6 Å². The molecule has 0 radical (unpaired) electrons. The molecule has 2 aromatic carbocycles. The first-order valence-electron chi connectivity index (χ1n) is 7.65. The van der Waals surface area contributed by atoms with Gasteiger partial charge in [0, 0.05) is 10.7 Å². The van der Waals surface area contributed by atoms with Gasteiger partial charge in [0.05, 0.1) is 27.2 Å². The van der Waals surface area contributed by atoms with Crippen molar-refractivity contribution < 1.29 is 14.0 Å². The Kier molecular flexibility index (Phi) is 5.99. The van der Waals surface area contributed by atoms with Gasteiger partial charge in [0.25, 0.3) is 0 Å². The molecule has 3 rings (SSSR count). The SMILES string of the molecule is O=C(NN=Cc1coc2ccc(Cl)cc2c1=O)C(=O)Nc1ccc(Cl)c(Cl)c1. The average molecular weight is 439 g/mol. The highest BCUT2D eigenvalue weighted by Gasteiger charge is 2.14. The van der Waals surface area contributed by atoms with Gasteiger partial charge >= 0.3 is 11.8 Å². The van der Waals surface area contributed by atoms with Gasteiger partial charge < -0.3 is 9.73 Å². The largest absolute Gasteiger partial charge is 0.463 e. The second-order valence-corrected chi connectivity index (χ2v) is 6.69. The molecule has 3 aromatic rings. The third-order valence-electron chi connectivity index (χ3n) is 3.51. The lowest BCUT2D eigenvalue weighted by Crippen LogP contribution is -2.32. The van der Waals surface area contributed by atoms with Gasteiger partial charge in [0.2, 0.25) is 5.43 Å². The predicted octanol–water partition coefficient (Wildman–Crippen LogP) is 3.84. The van der Waals surface area contributed by atoms with Crippen molar-refractivity contribution in [3.05, 3.63) is 73.5 Å². The molecule has 7 nitrogen and oxygen atoms in total. The van der Waals surface area contributed by atoms with Crippen LogP contribution >= 0.6 is 34.8 Å². The number of fused-ring (bicyclic) bond motifs is 1. The lowest BCUT2D eigenvalue weighted by Gasteiger charge is -2.05. The summed E-state index contributed by atoms with van der Waals surface area (Å²) in [5, 5.41) is 7.11. The number of rotatable bonds is 3. The summed E-state index contributed by atoms with van der Waals surface area (Å²) in [5.41, 5.74) is 2.34. The molecule has 0 aliphatic heterocycles. The minimum atomic E-state index is -1.05. The predicted molar refractivity (Wildman–Crippen MR) is 108 cm³/mol. The molecule has 0 saturated carbocycles. The third-order valence-corrected chi connectivity index (χ3v) is 4.49. The molecule has 0 aliphatic carbocycles. The Morgan fingerprint density at radius 1 is 1.00 bits per heavy atom. The number of anilines is 1. The van der Waals surface area contributed by atoms with E-state index in [0.717, 1.165) is 6.21 Å². The van der Waals surface area contributed by atoms with Crippen molar-refractivity contribution in [2.24, 2.45) is 5.10 Å². The first-order valence-corrected chi connectivity index (χ1v) is 8.79. The van der Waals surface area contributed by atoms with Crippen LogP contribution in [0.3, 0.4) is 0 Å². The normalized spacial score (nSPS) is 11.0. The van der Waals surface area contributed by atoms with Crippen LogP contribution in [0.4, 0.5) is 5.69 Å². The molecule has 2 N–H and O–H groups in total. The summed E-state index contributed by atoms with van der Waals surface area (Å²) in [4.78, 5) is 36.0. The number of nitrogens with zero attached hydrogens (tertiary/aromatic N) is 1. The van der Waals surface area contributed by atoms with Gasteiger partial charge in [-0.15, -0.1) is 0 Å². The van der Waals surface area contributed by atoms with E-state index < -0.39 is 11.8 Å². The van der Waals surface area contributed by atoms with E-state index in [1.807, 2.05) is 5.43 Å². The van der Waals surface area contributed by atoms with Crippen molar-refractivity contribution in [1.82, 2.24) is 5.43 Å². The summed E-state index contributed by atoms with van der Waals surface area (Å²) in [6.07, 6.45) is 2.25. The van der Waals surface area contributed by atoms with E-state index in [1.54, 1.807) is 12.1 Å². The van der Waals surface area contributed by atoms with Crippen LogP contribution < -0.4 is 16.2 Å². The molecule has 2 amide bonds. The van der Waals surface area contributed by atoms with E-state index in [2.05, 4.69) is 10.4 Å². The zero-order valence-electron chi connectivity index (χ0n) is 13.8.